The minimum atomic E-state index is -0.322. The maximum absolute atomic E-state index is 12.5. The molecular formula is C24H31ClN4O2. The van der Waals surface area contributed by atoms with Gasteiger partial charge >= 0.3 is 6.03 Å². The van der Waals surface area contributed by atoms with Crippen LogP contribution >= 0.6 is 11.6 Å². The number of halogens is 1. The summed E-state index contributed by atoms with van der Waals surface area (Å²) in [6.07, 6.45) is 2.08. The van der Waals surface area contributed by atoms with E-state index in [1.54, 1.807) is 6.07 Å². The van der Waals surface area contributed by atoms with Crippen LogP contribution in [0.25, 0.3) is 10.9 Å². The number of carbonyl (C=O) groups is 1. The summed E-state index contributed by atoms with van der Waals surface area (Å²) in [4.78, 5) is 14.7. The van der Waals surface area contributed by atoms with Gasteiger partial charge in [0.05, 0.1) is 11.6 Å². The van der Waals surface area contributed by atoms with Gasteiger partial charge in [-0.05, 0) is 68.9 Å². The second-order valence-corrected chi connectivity index (χ2v) is 8.88. The second-order valence-electron chi connectivity index (χ2n) is 8.47. The van der Waals surface area contributed by atoms with Gasteiger partial charge in [-0.1, -0.05) is 25.4 Å². The van der Waals surface area contributed by atoms with Crippen molar-refractivity contribution in [3.05, 3.63) is 53.2 Å². The number of aryl methyl sites for hydroxylation is 1. The van der Waals surface area contributed by atoms with Crippen LogP contribution in [0, 0.1) is 12.8 Å². The largest absolute Gasteiger partial charge is 0.491 e. The van der Waals surface area contributed by atoms with Gasteiger partial charge in [-0.15, -0.1) is 0 Å². The van der Waals surface area contributed by atoms with E-state index in [1.807, 2.05) is 31.2 Å². The van der Waals surface area contributed by atoms with E-state index in [0.717, 1.165) is 35.2 Å². The van der Waals surface area contributed by atoms with Crippen LogP contribution in [0.1, 0.15) is 19.4 Å². The molecule has 1 aromatic heterocycles. The summed E-state index contributed by atoms with van der Waals surface area (Å²) < 4.78 is 8.01. The lowest BCUT2D eigenvalue weighted by molar-refractivity contribution is 0.262. The molecule has 1 heterocycles. The standard InChI is InChI=1S/C24H31ClN4O2/c1-16(2)15-31-23-17(3)12-20(14-21(23)25)27-24(30)26-19-6-7-22-18(13-19)8-9-29(22)11-10-28(4)5/h6-9,12-14,16H,10-11,15H2,1-5H3,(H2,26,27,30). The van der Waals surface area contributed by atoms with Crippen LogP contribution in [0.15, 0.2) is 42.6 Å². The minimum Gasteiger partial charge on any atom is -0.491 e. The van der Waals surface area contributed by atoms with E-state index in [4.69, 9.17) is 16.3 Å². The predicted octanol–water partition coefficient (Wildman–Crippen LogP) is 5.84. The predicted molar refractivity (Wildman–Crippen MR) is 130 cm³/mol. The maximum atomic E-state index is 12.5. The molecule has 7 heteroatoms. The first-order valence-electron chi connectivity index (χ1n) is 10.5. The van der Waals surface area contributed by atoms with Crippen LogP contribution in [0.4, 0.5) is 16.2 Å². The van der Waals surface area contributed by atoms with E-state index in [2.05, 4.69) is 60.3 Å². The van der Waals surface area contributed by atoms with Crippen LogP contribution in [0.2, 0.25) is 5.02 Å². The number of benzene rings is 2. The Balaban J connectivity index is 1.66. The molecule has 0 unspecified atom stereocenters. The zero-order chi connectivity index (χ0) is 22.5. The molecule has 2 N–H and O–H groups in total. The normalized spacial score (nSPS) is 11.4. The fourth-order valence-corrected chi connectivity index (χ4v) is 3.63. The van der Waals surface area contributed by atoms with E-state index < -0.39 is 0 Å². The van der Waals surface area contributed by atoms with E-state index in [9.17, 15) is 4.79 Å². The Morgan fingerprint density at radius 1 is 1.13 bits per heavy atom. The zero-order valence-corrected chi connectivity index (χ0v) is 19.6. The number of anilines is 2. The smallest absolute Gasteiger partial charge is 0.323 e. The van der Waals surface area contributed by atoms with Crippen molar-refractivity contribution in [2.24, 2.45) is 5.92 Å². The number of amides is 2. The van der Waals surface area contributed by atoms with Crippen molar-refractivity contribution in [3.8, 4) is 5.75 Å². The highest BCUT2D eigenvalue weighted by atomic mass is 35.5. The average molecular weight is 443 g/mol. The van der Waals surface area contributed by atoms with Gasteiger partial charge in [0.25, 0.3) is 0 Å². The molecule has 0 bridgehead atoms. The van der Waals surface area contributed by atoms with Gasteiger partial charge < -0.3 is 24.8 Å². The van der Waals surface area contributed by atoms with Crippen LogP contribution in [0.3, 0.4) is 0 Å². The molecule has 0 aliphatic heterocycles. The summed E-state index contributed by atoms with van der Waals surface area (Å²) in [6, 6.07) is 11.2. The highest BCUT2D eigenvalue weighted by Gasteiger charge is 2.12. The van der Waals surface area contributed by atoms with Crippen LogP contribution in [0.5, 0.6) is 5.75 Å². The van der Waals surface area contributed by atoms with Crippen LogP contribution in [-0.2, 0) is 6.54 Å². The molecule has 0 fully saturated rings. The molecule has 0 atom stereocenters. The van der Waals surface area contributed by atoms with Crippen molar-refractivity contribution in [1.82, 2.24) is 9.47 Å². The molecule has 0 aliphatic rings. The quantitative estimate of drug-likeness (QED) is 0.460. The van der Waals surface area contributed by atoms with Gasteiger partial charge in [0, 0.05) is 41.6 Å². The molecule has 3 rings (SSSR count). The number of likely N-dealkylation sites (N-methyl/N-ethyl adjacent to an activating group) is 1. The molecule has 0 spiro atoms. The van der Waals surface area contributed by atoms with Gasteiger partial charge in [-0.3, -0.25) is 0 Å². The summed E-state index contributed by atoms with van der Waals surface area (Å²) in [5.41, 5.74) is 3.37. The molecule has 3 aromatic rings. The van der Waals surface area contributed by atoms with Crippen molar-refractivity contribution in [2.75, 3.05) is 37.9 Å². The number of rotatable bonds is 8. The Bertz CT molecular complexity index is 1040. The summed E-state index contributed by atoms with van der Waals surface area (Å²) in [6.45, 7) is 8.56. The molecule has 0 saturated carbocycles. The number of hydrogen-bond donors (Lipinski definition) is 2. The molecule has 0 saturated heterocycles. The first kappa shape index (κ1) is 23.0. The highest BCUT2D eigenvalue weighted by Crippen LogP contribution is 2.32. The van der Waals surface area contributed by atoms with Crippen molar-refractivity contribution in [3.63, 3.8) is 0 Å². The Labute approximate surface area is 189 Å². The van der Waals surface area contributed by atoms with Gasteiger partial charge in [0.2, 0.25) is 0 Å². The van der Waals surface area contributed by atoms with Gasteiger partial charge in [-0.25, -0.2) is 4.79 Å². The number of urea groups is 1. The van der Waals surface area contributed by atoms with Gasteiger partial charge in [0.1, 0.15) is 5.75 Å². The van der Waals surface area contributed by atoms with Gasteiger partial charge in [-0.2, -0.15) is 0 Å². The summed E-state index contributed by atoms with van der Waals surface area (Å²) in [5.74, 6) is 1.06. The Morgan fingerprint density at radius 2 is 1.87 bits per heavy atom. The molecule has 0 aliphatic carbocycles. The monoisotopic (exact) mass is 442 g/mol. The highest BCUT2D eigenvalue weighted by molar-refractivity contribution is 6.32. The lowest BCUT2D eigenvalue weighted by atomic mass is 10.2. The van der Waals surface area contributed by atoms with Crippen molar-refractivity contribution in [2.45, 2.75) is 27.3 Å². The first-order chi connectivity index (χ1) is 14.7. The van der Waals surface area contributed by atoms with Crippen LogP contribution in [-0.4, -0.2) is 42.7 Å². The van der Waals surface area contributed by atoms with Crippen molar-refractivity contribution < 1.29 is 9.53 Å². The fraction of sp³-hybridized carbons (Fsp3) is 0.375. The molecule has 166 valence electrons. The van der Waals surface area contributed by atoms with Crippen molar-refractivity contribution >= 4 is 39.9 Å². The molecular weight excluding hydrogens is 412 g/mol. The molecule has 31 heavy (non-hydrogen) atoms. The third-order valence-electron chi connectivity index (χ3n) is 4.87. The lowest BCUT2D eigenvalue weighted by Gasteiger charge is -2.15. The number of aromatic nitrogens is 1. The van der Waals surface area contributed by atoms with E-state index >= 15 is 0 Å². The fourth-order valence-electron chi connectivity index (χ4n) is 3.31. The Morgan fingerprint density at radius 3 is 2.55 bits per heavy atom. The van der Waals surface area contributed by atoms with E-state index in [1.165, 1.54) is 0 Å². The van der Waals surface area contributed by atoms with E-state index in [-0.39, 0.29) is 6.03 Å². The lowest BCUT2D eigenvalue weighted by Crippen LogP contribution is -2.19. The summed E-state index contributed by atoms with van der Waals surface area (Å²) in [7, 11) is 4.13. The third kappa shape index (κ3) is 6.15. The van der Waals surface area contributed by atoms with Gasteiger partial charge in [0.15, 0.2) is 0 Å². The SMILES string of the molecule is Cc1cc(NC(=O)Nc2ccc3c(ccn3CCN(C)C)c2)cc(Cl)c1OCC(C)C. The molecule has 0 radical (unpaired) electrons. The Hall–Kier alpha value is -2.70. The number of hydrogen-bond acceptors (Lipinski definition) is 3. The topological polar surface area (TPSA) is 58.5 Å². The first-order valence-corrected chi connectivity index (χ1v) is 10.9. The number of nitrogens with one attached hydrogen (secondary N) is 2. The number of fused-ring (bicyclic) bond motifs is 1. The van der Waals surface area contributed by atoms with Crippen LogP contribution < -0.4 is 15.4 Å². The third-order valence-corrected chi connectivity index (χ3v) is 5.15. The second kappa shape index (κ2) is 10.1. The van der Waals surface area contributed by atoms with E-state index in [0.29, 0.717) is 29.0 Å². The average Bonchev–Trinajstić information content (AvgIpc) is 3.07. The van der Waals surface area contributed by atoms with Crippen molar-refractivity contribution in [1.29, 1.82) is 0 Å². The molecule has 6 nitrogen and oxygen atoms in total. The number of carbonyl (C=O) groups excluding carboxylic acids is 1. The Kier molecular flexibility index (Phi) is 7.46. The summed E-state index contributed by atoms with van der Waals surface area (Å²) >= 11 is 6.37. The summed E-state index contributed by atoms with van der Waals surface area (Å²) in [5, 5.41) is 7.31. The molecule has 2 amide bonds. The zero-order valence-electron chi connectivity index (χ0n) is 18.8. The number of ether oxygens (including phenoxy) is 1. The maximum Gasteiger partial charge on any atom is 0.323 e. The molecule has 2 aromatic carbocycles. The minimum absolute atomic E-state index is 0.322. The number of nitrogens with zero attached hydrogens (tertiary/aromatic N) is 2.